The van der Waals surface area contributed by atoms with Gasteiger partial charge in [0.25, 0.3) is 0 Å². The number of aliphatic hydroxyl groups excluding tert-OH is 2. The van der Waals surface area contributed by atoms with Crippen LogP contribution in [0.2, 0.25) is 0 Å². The zero-order chi connectivity index (χ0) is 13.5. The zero-order valence-electron chi connectivity index (χ0n) is 10.8. The lowest BCUT2D eigenvalue weighted by Gasteiger charge is -2.23. The Labute approximate surface area is 107 Å². The molecule has 0 amide bonds. The Kier molecular flexibility index (Phi) is 6.04. The van der Waals surface area contributed by atoms with E-state index in [1.165, 1.54) is 13.0 Å². The number of anilines is 1. The summed E-state index contributed by atoms with van der Waals surface area (Å²) < 4.78 is 18.8. The van der Waals surface area contributed by atoms with Crippen molar-refractivity contribution in [2.24, 2.45) is 0 Å². The number of nitrogens with zero attached hydrogens (tertiary/aromatic N) is 1. The van der Waals surface area contributed by atoms with Crippen LogP contribution in [0.1, 0.15) is 18.6 Å². The highest BCUT2D eigenvalue weighted by Crippen LogP contribution is 2.27. The molecule has 0 saturated carbocycles. The summed E-state index contributed by atoms with van der Waals surface area (Å²) in [7, 11) is 1.81. The standard InChI is InChI=1S/C13H20FNO3/c1-10(17)13-11(14)4-3-5-12(13)15(2)6-8-18-9-7-16/h3-5,10,16-17H,6-9H2,1-2H3/t10-/m1/s1. The molecule has 18 heavy (non-hydrogen) atoms. The van der Waals surface area contributed by atoms with Crippen LogP contribution < -0.4 is 4.90 Å². The normalized spacial score (nSPS) is 12.5. The molecule has 1 aromatic carbocycles. The van der Waals surface area contributed by atoms with Crippen molar-refractivity contribution in [3.05, 3.63) is 29.6 Å². The molecular formula is C13H20FNO3. The minimum atomic E-state index is -0.859. The van der Waals surface area contributed by atoms with Gasteiger partial charge in [0, 0.05) is 24.8 Å². The van der Waals surface area contributed by atoms with Gasteiger partial charge in [0.2, 0.25) is 0 Å². The van der Waals surface area contributed by atoms with Crippen molar-refractivity contribution in [1.82, 2.24) is 0 Å². The molecule has 1 atom stereocenters. The second kappa shape index (κ2) is 7.31. The van der Waals surface area contributed by atoms with E-state index in [0.29, 0.717) is 31.0 Å². The molecular weight excluding hydrogens is 237 g/mol. The fourth-order valence-corrected chi connectivity index (χ4v) is 1.76. The largest absolute Gasteiger partial charge is 0.394 e. The molecule has 0 aromatic heterocycles. The van der Waals surface area contributed by atoms with Crippen molar-refractivity contribution in [1.29, 1.82) is 0 Å². The smallest absolute Gasteiger partial charge is 0.131 e. The molecule has 0 bridgehead atoms. The third kappa shape index (κ3) is 3.94. The van der Waals surface area contributed by atoms with E-state index in [1.54, 1.807) is 12.1 Å². The first kappa shape index (κ1) is 14.9. The van der Waals surface area contributed by atoms with E-state index in [1.807, 2.05) is 11.9 Å². The van der Waals surface area contributed by atoms with Crippen molar-refractivity contribution in [2.75, 3.05) is 38.3 Å². The predicted molar refractivity (Wildman–Crippen MR) is 68.2 cm³/mol. The van der Waals surface area contributed by atoms with Gasteiger partial charge in [0.15, 0.2) is 0 Å². The number of ether oxygens (including phenoxy) is 1. The molecule has 0 radical (unpaired) electrons. The molecule has 1 rings (SSSR count). The number of likely N-dealkylation sites (N-methyl/N-ethyl adjacent to an activating group) is 1. The van der Waals surface area contributed by atoms with Crippen molar-refractivity contribution < 1.29 is 19.3 Å². The second-order valence-electron chi connectivity index (χ2n) is 4.11. The lowest BCUT2D eigenvalue weighted by molar-refractivity contribution is 0.0970. The van der Waals surface area contributed by atoms with Crippen LogP contribution in [0.15, 0.2) is 18.2 Å². The quantitative estimate of drug-likeness (QED) is 0.723. The van der Waals surface area contributed by atoms with E-state index < -0.39 is 11.9 Å². The SMILES string of the molecule is C[C@@H](O)c1c(F)cccc1N(C)CCOCCO. The summed E-state index contributed by atoms with van der Waals surface area (Å²) in [5.74, 6) is -0.411. The van der Waals surface area contributed by atoms with Crippen LogP contribution in [-0.4, -0.2) is 43.6 Å². The summed E-state index contributed by atoms with van der Waals surface area (Å²) in [6, 6.07) is 4.71. The first-order valence-corrected chi connectivity index (χ1v) is 5.94. The Hall–Kier alpha value is -1.17. The van der Waals surface area contributed by atoms with Gasteiger partial charge in [-0.05, 0) is 19.1 Å². The highest BCUT2D eigenvalue weighted by atomic mass is 19.1. The monoisotopic (exact) mass is 257 g/mol. The number of hydrogen-bond acceptors (Lipinski definition) is 4. The number of hydrogen-bond donors (Lipinski definition) is 2. The molecule has 0 unspecified atom stereocenters. The summed E-state index contributed by atoms with van der Waals surface area (Å²) >= 11 is 0. The topological polar surface area (TPSA) is 52.9 Å². The molecule has 0 fully saturated rings. The Morgan fingerprint density at radius 2 is 2.11 bits per heavy atom. The van der Waals surface area contributed by atoms with Crippen LogP contribution in [0.3, 0.4) is 0 Å². The third-order valence-corrected chi connectivity index (χ3v) is 2.67. The van der Waals surface area contributed by atoms with Gasteiger partial charge in [-0.15, -0.1) is 0 Å². The van der Waals surface area contributed by atoms with Crippen molar-refractivity contribution >= 4 is 5.69 Å². The fourth-order valence-electron chi connectivity index (χ4n) is 1.76. The molecule has 5 heteroatoms. The maximum Gasteiger partial charge on any atom is 0.131 e. The van der Waals surface area contributed by atoms with E-state index in [0.717, 1.165) is 0 Å². The summed E-state index contributed by atoms with van der Waals surface area (Å²) in [4.78, 5) is 1.82. The fraction of sp³-hybridized carbons (Fsp3) is 0.538. The maximum absolute atomic E-state index is 13.7. The molecule has 0 aliphatic rings. The van der Waals surface area contributed by atoms with Crippen LogP contribution in [0.5, 0.6) is 0 Å². The highest BCUT2D eigenvalue weighted by Gasteiger charge is 2.15. The first-order valence-electron chi connectivity index (χ1n) is 5.94. The van der Waals surface area contributed by atoms with Crippen molar-refractivity contribution in [2.45, 2.75) is 13.0 Å². The maximum atomic E-state index is 13.7. The summed E-state index contributed by atoms with van der Waals surface area (Å²) in [6.07, 6.45) is -0.859. The average molecular weight is 257 g/mol. The highest BCUT2D eigenvalue weighted by molar-refractivity contribution is 5.54. The lowest BCUT2D eigenvalue weighted by atomic mass is 10.1. The summed E-state index contributed by atoms with van der Waals surface area (Å²) in [5.41, 5.74) is 0.944. The van der Waals surface area contributed by atoms with E-state index in [-0.39, 0.29) is 6.61 Å². The van der Waals surface area contributed by atoms with Crippen molar-refractivity contribution in [3.63, 3.8) is 0 Å². The van der Waals surface area contributed by atoms with Crippen LogP contribution in [-0.2, 0) is 4.74 Å². The van der Waals surface area contributed by atoms with E-state index in [9.17, 15) is 9.50 Å². The Balaban J connectivity index is 2.72. The molecule has 0 aliphatic carbocycles. The second-order valence-corrected chi connectivity index (χ2v) is 4.11. The average Bonchev–Trinajstić information content (AvgIpc) is 2.33. The molecule has 0 aliphatic heterocycles. The van der Waals surface area contributed by atoms with Crippen molar-refractivity contribution in [3.8, 4) is 0 Å². The van der Waals surface area contributed by atoms with Gasteiger partial charge >= 0.3 is 0 Å². The third-order valence-electron chi connectivity index (χ3n) is 2.67. The van der Waals surface area contributed by atoms with Gasteiger partial charge in [0.05, 0.1) is 25.9 Å². The number of halogens is 1. The Morgan fingerprint density at radius 3 is 2.72 bits per heavy atom. The Morgan fingerprint density at radius 1 is 1.39 bits per heavy atom. The zero-order valence-corrected chi connectivity index (χ0v) is 10.8. The molecule has 0 spiro atoms. The molecule has 102 valence electrons. The van der Waals surface area contributed by atoms with E-state index in [4.69, 9.17) is 9.84 Å². The Bertz CT molecular complexity index is 371. The van der Waals surface area contributed by atoms with Gasteiger partial charge < -0.3 is 19.8 Å². The van der Waals surface area contributed by atoms with Gasteiger partial charge in [-0.25, -0.2) is 4.39 Å². The van der Waals surface area contributed by atoms with E-state index in [2.05, 4.69) is 0 Å². The molecule has 1 aromatic rings. The minimum absolute atomic E-state index is 0.0113. The predicted octanol–water partition coefficient (Wildman–Crippen LogP) is 1.32. The van der Waals surface area contributed by atoms with Gasteiger partial charge in [-0.1, -0.05) is 6.07 Å². The number of rotatable bonds is 7. The number of aliphatic hydroxyl groups is 2. The molecule has 4 nitrogen and oxygen atoms in total. The van der Waals surface area contributed by atoms with Gasteiger partial charge in [-0.3, -0.25) is 0 Å². The van der Waals surface area contributed by atoms with Gasteiger partial charge in [0.1, 0.15) is 5.82 Å². The minimum Gasteiger partial charge on any atom is -0.394 e. The molecule has 0 saturated heterocycles. The van der Waals surface area contributed by atoms with Crippen LogP contribution in [0.25, 0.3) is 0 Å². The first-order chi connectivity index (χ1) is 8.57. The lowest BCUT2D eigenvalue weighted by Crippen LogP contribution is -2.25. The molecule has 0 heterocycles. The van der Waals surface area contributed by atoms with Crippen LogP contribution in [0.4, 0.5) is 10.1 Å². The molecule has 2 N–H and O–H groups in total. The van der Waals surface area contributed by atoms with E-state index >= 15 is 0 Å². The van der Waals surface area contributed by atoms with Gasteiger partial charge in [-0.2, -0.15) is 0 Å². The summed E-state index contributed by atoms with van der Waals surface area (Å²) in [5, 5.41) is 18.2. The van der Waals surface area contributed by atoms with Crippen LogP contribution in [0, 0.1) is 5.82 Å². The summed E-state index contributed by atoms with van der Waals surface area (Å²) in [6.45, 7) is 2.82. The van der Waals surface area contributed by atoms with Crippen LogP contribution >= 0.6 is 0 Å². The number of benzene rings is 1.